The number of fused-ring (bicyclic) bond motifs is 1. The highest BCUT2D eigenvalue weighted by atomic mass is 32.1. The Hall–Kier alpha value is -1.98. The first-order chi connectivity index (χ1) is 10.3. The molecule has 0 fully saturated rings. The van der Waals surface area contributed by atoms with Crippen LogP contribution in [-0.4, -0.2) is 22.6 Å². The second-order valence-corrected chi connectivity index (χ2v) is 5.90. The summed E-state index contributed by atoms with van der Waals surface area (Å²) in [5, 5.41) is 0.973. The number of nitrogens with two attached hydrogens (primary N) is 1. The van der Waals surface area contributed by atoms with E-state index < -0.39 is 0 Å². The maximum atomic E-state index is 5.87. The Kier molecular flexibility index (Phi) is 4.13. The van der Waals surface area contributed by atoms with Gasteiger partial charge in [-0.2, -0.15) is 0 Å². The molecule has 3 rings (SSSR count). The third kappa shape index (κ3) is 3.20. The van der Waals surface area contributed by atoms with Crippen LogP contribution in [0.1, 0.15) is 13.3 Å². The Labute approximate surface area is 127 Å². The van der Waals surface area contributed by atoms with E-state index in [2.05, 4.69) is 16.9 Å². The van der Waals surface area contributed by atoms with Crippen LogP contribution in [0.4, 0.5) is 0 Å². The fourth-order valence-electron chi connectivity index (χ4n) is 1.93. The molecule has 108 valence electrons. The van der Waals surface area contributed by atoms with E-state index in [1.54, 1.807) is 17.5 Å². The highest BCUT2D eigenvalue weighted by Gasteiger charge is 2.08. The molecule has 0 radical (unpaired) electrons. The number of rotatable bonds is 5. The fraction of sp³-hybridized carbons (Fsp3) is 0.250. The van der Waals surface area contributed by atoms with Crippen LogP contribution in [0.25, 0.3) is 20.8 Å². The highest BCUT2D eigenvalue weighted by Crippen LogP contribution is 2.31. The number of aromatic nitrogens is 2. The fourth-order valence-corrected chi connectivity index (χ4v) is 2.91. The Morgan fingerprint density at radius 1 is 1.33 bits per heavy atom. The van der Waals surface area contributed by atoms with E-state index >= 15 is 0 Å². The molecule has 2 heterocycles. The Morgan fingerprint density at radius 2 is 2.24 bits per heavy atom. The van der Waals surface area contributed by atoms with Crippen molar-refractivity contribution in [3.05, 3.63) is 42.7 Å². The van der Waals surface area contributed by atoms with E-state index in [1.165, 1.54) is 0 Å². The first-order valence-corrected chi connectivity index (χ1v) is 7.77. The SMILES string of the molecule is CCC(N)COc1ccc2nc(-c3cccnc3)sc2c1. The molecule has 0 bridgehead atoms. The molecule has 4 nitrogen and oxygen atoms in total. The zero-order valence-corrected chi connectivity index (χ0v) is 12.6. The van der Waals surface area contributed by atoms with Crippen LogP contribution in [-0.2, 0) is 0 Å². The average Bonchev–Trinajstić information content (AvgIpc) is 2.96. The van der Waals surface area contributed by atoms with Gasteiger partial charge in [-0.05, 0) is 36.8 Å². The normalized spacial score (nSPS) is 12.5. The first kappa shape index (κ1) is 14.0. The lowest BCUT2D eigenvalue weighted by molar-refractivity contribution is 0.286. The number of ether oxygens (including phenoxy) is 1. The van der Waals surface area contributed by atoms with Crippen molar-refractivity contribution < 1.29 is 4.74 Å². The Bertz CT molecular complexity index is 727. The predicted octanol–water partition coefficient (Wildman–Crippen LogP) is 3.47. The molecule has 0 saturated heterocycles. The lowest BCUT2D eigenvalue weighted by Crippen LogP contribution is -2.26. The van der Waals surface area contributed by atoms with Crippen LogP contribution in [0.15, 0.2) is 42.7 Å². The lowest BCUT2D eigenvalue weighted by atomic mass is 10.2. The smallest absolute Gasteiger partial charge is 0.126 e. The summed E-state index contributed by atoms with van der Waals surface area (Å²) in [5.41, 5.74) is 7.89. The van der Waals surface area contributed by atoms with E-state index in [1.807, 2.05) is 36.5 Å². The highest BCUT2D eigenvalue weighted by molar-refractivity contribution is 7.21. The van der Waals surface area contributed by atoms with Crippen molar-refractivity contribution in [3.63, 3.8) is 0 Å². The van der Waals surface area contributed by atoms with Gasteiger partial charge in [0.1, 0.15) is 17.4 Å². The average molecular weight is 299 g/mol. The second-order valence-electron chi connectivity index (χ2n) is 4.87. The van der Waals surface area contributed by atoms with Crippen molar-refractivity contribution in [1.82, 2.24) is 9.97 Å². The third-order valence-corrected chi connectivity index (χ3v) is 4.32. The Balaban J connectivity index is 1.85. The van der Waals surface area contributed by atoms with E-state index in [0.29, 0.717) is 6.61 Å². The van der Waals surface area contributed by atoms with Gasteiger partial charge in [0.2, 0.25) is 0 Å². The minimum absolute atomic E-state index is 0.0770. The molecule has 0 amide bonds. The minimum Gasteiger partial charge on any atom is -0.492 e. The molecule has 0 spiro atoms. The summed E-state index contributed by atoms with van der Waals surface area (Å²) in [5.74, 6) is 0.841. The number of benzene rings is 1. The van der Waals surface area contributed by atoms with Gasteiger partial charge in [0.15, 0.2) is 0 Å². The van der Waals surface area contributed by atoms with Crippen molar-refractivity contribution in [3.8, 4) is 16.3 Å². The zero-order chi connectivity index (χ0) is 14.7. The van der Waals surface area contributed by atoms with Gasteiger partial charge < -0.3 is 10.5 Å². The van der Waals surface area contributed by atoms with Gasteiger partial charge >= 0.3 is 0 Å². The zero-order valence-electron chi connectivity index (χ0n) is 11.8. The van der Waals surface area contributed by atoms with Gasteiger partial charge in [-0.3, -0.25) is 4.98 Å². The number of hydrogen-bond acceptors (Lipinski definition) is 5. The van der Waals surface area contributed by atoms with Crippen LogP contribution in [0.2, 0.25) is 0 Å². The van der Waals surface area contributed by atoms with Crippen molar-refractivity contribution in [2.45, 2.75) is 19.4 Å². The molecule has 3 aromatic rings. The standard InChI is InChI=1S/C16H17N3OS/c1-2-12(17)10-20-13-5-6-14-15(8-13)21-16(19-14)11-4-3-7-18-9-11/h3-9,12H,2,10,17H2,1H3. The van der Waals surface area contributed by atoms with Crippen molar-refractivity contribution in [2.24, 2.45) is 5.73 Å². The lowest BCUT2D eigenvalue weighted by Gasteiger charge is -2.10. The van der Waals surface area contributed by atoms with Gasteiger partial charge in [0, 0.05) is 24.0 Å². The van der Waals surface area contributed by atoms with Gasteiger partial charge in [-0.25, -0.2) is 4.98 Å². The molecule has 2 aromatic heterocycles. The van der Waals surface area contributed by atoms with Gasteiger partial charge in [0.05, 0.1) is 10.2 Å². The number of hydrogen-bond donors (Lipinski definition) is 1. The molecule has 2 N–H and O–H groups in total. The van der Waals surface area contributed by atoms with E-state index in [9.17, 15) is 0 Å². The molecular weight excluding hydrogens is 282 g/mol. The van der Waals surface area contributed by atoms with Crippen molar-refractivity contribution in [1.29, 1.82) is 0 Å². The number of pyridine rings is 1. The van der Waals surface area contributed by atoms with Crippen LogP contribution >= 0.6 is 11.3 Å². The maximum absolute atomic E-state index is 5.87. The maximum Gasteiger partial charge on any atom is 0.126 e. The monoisotopic (exact) mass is 299 g/mol. The molecule has 1 atom stereocenters. The number of nitrogens with zero attached hydrogens (tertiary/aromatic N) is 2. The summed E-state index contributed by atoms with van der Waals surface area (Å²) >= 11 is 1.64. The van der Waals surface area contributed by atoms with Crippen molar-refractivity contribution in [2.75, 3.05) is 6.61 Å². The number of thiazole rings is 1. The van der Waals surface area contributed by atoms with Crippen molar-refractivity contribution >= 4 is 21.6 Å². The van der Waals surface area contributed by atoms with Crippen LogP contribution in [0.5, 0.6) is 5.75 Å². The van der Waals surface area contributed by atoms with Gasteiger partial charge in [-0.1, -0.05) is 6.92 Å². The largest absolute Gasteiger partial charge is 0.492 e. The Morgan fingerprint density at radius 3 is 3.00 bits per heavy atom. The molecular formula is C16H17N3OS. The summed E-state index contributed by atoms with van der Waals surface area (Å²) in [6.45, 7) is 2.59. The summed E-state index contributed by atoms with van der Waals surface area (Å²) in [6, 6.07) is 9.96. The third-order valence-electron chi connectivity index (χ3n) is 3.26. The molecule has 5 heteroatoms. The van der Waals surface area contributed by atoms with Crippen LogP contribution < -0.4 is 10.5 Å². The van der Waals surface area contributed by atoms with E-state index in [4.69, 9.17) is 10.5 Å². The molecule has 0 aliphatic carbocycles. The quantitative estimate of drug-likeness (QED) is 0.783. The van der Waals surface area contributed by atoms with Crippen LogP contribution in [0.3, 0.4) is 0 Å². The van der Waals surface area contributed by atoms with E-state index in [-0.39, 0.29) is 6.04 Å². The molecule has 0 aliphatic heterocycles. The minimum atomic E-state index is 0.0770. The molecule has 1 aromatic carbocycles. The van der Waals surface area contributed by atoms with Crippen LogP contribution in [0, 0.1) is 0 Å². The summed E-state index contributed by atoms with van der Waals surface area (Å²) in [7, 11) is 0. The molecule has 0 aliphatic rings. The topological polar surface area (TPSA) is 61.0 Å². The summed E-state index contributed by atoms with van der Waals surface area (Å²) in [6.07, 6.45) is 4.50. The second kappa shape index (κ2) is 6.20. The molecule has 0 saturated carbocycles. The summed E-state index contributed by atoms with van der Waals surface area (Å²) in [4.78, 5) is 8.77. The van der Waals surface area contributed by atoms with Gasteiger partial charge in [-0.15, -0.1) is 11.3 Å². The van der Waals surface area contributed by atoms with Gasteiger partial charge in [0.25, 0.3) is 0 Å². The predicted molar refractivity (Wildman–Crippen MR) is 86.6 cm³/mol. The molecule has 21 heavy (non-hydrogen) atoms. The first-order valence-electron chi connectivity index (χ1n) is 6.95. The molecule has 1 unspecified atom stereocenters. The van der Waals surface area contributed by atoms with E-state index in [0.717, 1.165) is 33.0 Å². The summed E-state index contributed by atoms with van der Waals surface area (Å²) < 4.78 is 6.83.